The lowest BCUT2D eigenvalue weighted by Crippen LogP contribution is -2.39. The highest BCUT2D eigenvalue weighted by molar-refractivity contribution is 5.80. The number of aliphatic imine (C=N–C) groups is 1. The molecule has 0 radical (unpaired) electrons. The standard InChI is InChI=1S/C22H33N7O/c1-3-20-27-26-17-29(20)13-11-24-22(23-4-2)25-15-19-14-21(30)28(16-19)12-10-18-8-6-5-7-9-18/h5-9,17,19H,3-4,10-16H2,1-2H3,(H2,23,24,25). The van der Waals surface area contributed by atoms with E-state index in [9.17, 15) is 4.79 Å². The average Bonchev–Trinajstić information content (AvgIpc) is 3.37. The van der Waals surface area contributed by atoms with Crippen LogP contribution in [0, 0.1) is 5.92 Å². The number of guanidine groups is 1. The fourth-order valence-corrected chi connectivity index (χ4v) is 3.70. The normalized spacial score (nSPS) is 16.9. The molecule has 8 heteroatoms. The van der Waals surface area contributed by atoms with Crippen LogP contribution in [0.5, 0.6) is 0 Å². The predicted octanol–water partition coefficient (Wildman–Crippen LogP) is 1.49. The Morgan fingerprint density at radius 2 is 2.03 bits per heavy atom. The molecule has 1 aliphatic rings. The van der Waals surface area contributed by atoms with Gasteiger partial charge in [-0.25, -0.2) is 0 Å². The van der Waals surface area contributed by atoms with Crippen LogP contribution >= 0.6 is 0 Å². The molecule has 1 amide bonds. The zero-order chi connectivity index (χ0) is 21.2. The summed E-state index contributed by atoms with van der Waals surface area (Å²) < 4.78 is 2.05. The minimum atomic E-state index is 0.240. The molecule has 30 heavy (non-hydrogen) atoms. The first-order chi connectivity index (χ1) is 14.7. The zero-order valence-corrected chi connectivity index (χ0v) is 18.0. The second kappa shape index (κ2) is 11.3. The largest absolute Gasteiger partial charge is 0.357 e. The van der Waals surface area contributed by atoms with Crippen LogP contribution in [0.3, 0.4) is 0 Å². The molecule has 0 spiro atoms. The van der Waals surface area contributed by atoms with Crippen LogP contribution in [0.1, 0.15) is 31.7 Å². The molecule has 162 valence electrons. The lowest BCUT2D eigenvalue weighted by molar-refractivity contribution is -0.127. The van der Waals surface area contributed by atoms with Crippen molar-refractivity contribution in [2.45, 2.75) is 39.7 Å². The maximum atomic E-state index is 12.4. The van der Waals surface area contributed by atoms with E-state index in [1.54, 1.807) is 6.33 Å². The Balaban J connectivity index is 1.45. The van der Waals surface area contributed by atoms with E-state index in [0.29, 0.717) is 13.0 Å². The number of nitrogens with zero attached hydrogens (tertiary/aromatic N) is 5. The maximum absolute atomic E-state index is 12.4. The van der Waals surface area contributed by atoms with Crippen LogP contribution in [0.15, 0.2) is 41.7 Å². The summed E-state index contributed by atoms with van der Waals surface area (Å²) in [6.45, 7) is 8.66. The van der Waals surface area contributed by atoms with Gasteiger partial charge >= 0.3 is 0 Å². The molecule has 1 fully saturated rings. The molecule has 1 aromatic heterocycles. The predicted molar refractivity (Wildman–Crippen MR) is 118 cm³/mol. The lowest BCUT2D eigenvalue weighted by atomic mass is 10.1. The monoisotopic (exact) mass is 411 g/mol. The van der Waals surface area contributed by atoms with E-state index in [1.165, 1.54) is 5.56 Å². The van der Waals surface area contributed by atoms with Crippen LogP contribution in [0.4, 0.5) is 0 Å². The van der Waals surface area contributed by atoms with Crippen molar-refractivity contribution in [3.63, 3.8) is 0 Å². The Labute approximate surface area is 178 Å². The summed E-state index contributed by atoms with van der Waals surface area (Å²) in [7, 11) is 0. The summed E-state index contributed by atoms with van der Waals surface area (Å²) in [5.74, 6) is 2.29. The van der Waals surface area contributed by atoms with Crippen LogP contribution in [0.25, 0.3) is 0 Å². The lowest BCUT2D eigenvalue weighted by Gasteiger charge is -2.16. The average molecular weight is 412 g/mol. The third kappa shape index (κ3) is 6.30. The number of nitrogens with one attached hydrogen (secondary N) is 2. The number of hydrogen-bond donors (Lipinski definition) is 2. The van der Waals surface area contributed by atoms with Crippen molar-refractivity contribution < 1.29 is 4.79 Å². The van der Waals surface area contributed by atoms with Crippen molar-refractivity contribution in [2.24, 2.45) is 10.9 Å². The summed E-state index contributed by atoms with van der Waals surface area (Å²) in [6.07, 6.45) is 4.11. The highest BCUT2D eigenvalue weighted by atomic mass is 16.2. The molecule has 3 rings (SSSR count). The van der Waals surface area contributed by atoms with Gasteiger partial charge in [-0.3, -0.25) is 9.79 Å². The number of aromatic nitrogens is 3. The smallest absolute Gasteiger partial charge is 0.223 e. The minimum absolute atomic E-state index is 0.240. The second-order valence-corrected chi connectivity index (χ2v) is 7.59. The number of likely N-dealkylation sites (tertiary alicyclic amines) is 1. The topological polar surface area (TPSA) is 87.4 Å². The number of hydrogen-bond acceptors (Lipinski definition) is 4. The minimum Gasteiger partial charge on any atom is -0.357 e. The SMILES string of the molecule is CCNC(=NCC1CC(=O)N(CCc2ccccc2)C1)NCCn1cnnc1CC. The van der Waals surface area contributed by atoms with E-state index in [2.05, 4.69) is 51.4 Å². The van der Waals surface area contributed by atoms with Crippen LogP contribution in [-0.4, -0.2) is 64.3 Å². The summed E-state index contributed by atoms with van der Waals surface area (Å²) in [4.78, 5) is 19.1. The van der Waals surface area contributed by atoms with E-state index < -0.39 is 0 Å². The van der Waals surface area contributed by atoms with Gasteiger partial charge in [-0.15, -0.1) is 10.2 Å². The number of rotatable bonds is 10. The number of amides is 1. The third-order valence-electron chi connectivity index (χ3n) is 5.32. The quantitative estimate of drug-likeness (QED) is 0.457. The molecule has 0 saturated carbocycles. The molecule has 1 aromatic carbocycles. The molecule has 8 nitrogen and oxygen atoms in total. The molecular formula is C22H33N7O. The number of benzene rings is 1. The van der Waals surface area contributed by atoms with Crippen LogP contribution in [0.2, 0.25) is 0 Å². The van der Waals surface area contributed by atoms with Gasteiger partial charge in [0.25, 0.3) is 0 Å². The van der Waals surface area contributed by atoms with Crippen molar-refractivity contribution in [3.8, 4) is 0 Å². The first-order valence-electron chi connectivity index (χ1n) is 10.9. The van der Waals surface area contributed by atoms with Crippen molar-refractivity contribution in [1.29, 1.82) is 0 Å². The van der Waals surface area contributed by atoms with E-state index >= 15 is 0 Å². The highest BCUT2D eigenvalue weighted by Crippen LogP contribution is 2.18. The molecule has 0 aliphatic carbocycles. The molecule has 2 heterocycles. The fraction of sp³-hybridized carbons (Fsp3) is 0.545. The third-order valence-corrected chi connectivity index (χ3v) is 5.32. The van der Waals surface area contributed by atoms with Gasteiger partial charge in [0.15, 0.2) is 5.96 Å². The van der Waals surface area contributed by atoms with E-state index in [1.807, 2.05) is 23.1 Å². The van der Waals surface area contributed by atoms with Gasteiger partial charge < -0.3 is 20.1 Å². The van der Waals surface area contributed by atoms with Gasteiger partial charge in [0.2, 0.25) is 5.91 Å². The Hall–Kier alpha value is -2.90. The van der Waals surface area contributed by atoms with Crippen molar-refractivity contribution in [2.75, 3.05) is 32.7 Å². The number of carbonyl (C=O) groups is 1. The Kier molecular flexibility index (Phi) is 8.23. The first-order valence-corrected chi connectivity index (χ1v) is 10.9. The Morgan fingerprint density at radius 1 is 1.20 bits per heavy atom. The summed E-state index contributed by atoms with van der Waals surface area (Å²) in [5, 5.41) is 14.7. The van der Waals surface area contributed by atoms with E-state index in [4.69, 9.17) is 4.99 Å². The molecule has 1 atom stereocenters. The van der Waals surface area contributed by atoms with E-state index in [0.717, 1.165) is 57.3 Å². The van der Waals surface area contributed by atoms with Crippen molar-refractivity contribution in [1.82, 2.24) is 30.3 Å². The Morgan fingerprint density at radius 3 is 2.80 bits per heavy atom. The van der Waals surface area contributed by atoms with Gasteiger partial charge in [-0.05, 0) is 18.9 Å². The zero-order valence-electron chi connectivity index (χ0n) is 18.0. The van der Waals surface area contributed by atoms with E-state index in [-0.39, 0.29) is 11.8 Å². The van der Waals surface area contributed by atoms with Gasteiger partial charge in [0.05, 0.1) is 0 Å². The summed E-state index contributed by atoms with van der Waals surface area (Å²) >= 11 is 0. The second-order valence-electron chi connectivity index (χ2n) is 7.59. The molecular weight excluding hydrogens is 378 g/mol. The number of carbonyl (C=O) groups excluding carboxylic acids is 1. The van der Waals surface area contributed by atoms with Crippen LogP contribution in [-0.2, 0) is 24.2 Å². The van der Waals surface area contributed by atoms with Crippen LogP contribution < -0.4 is 10.6 Å². The van der Waals surface area contributed by atoms with Crippen molar-refractivity contribution >= 4 is 11.9 Å². The molecule has 0 bridgehead atoms. The van der Waals surface area contributed by atoms with Gasteiger partial charge in [0.1, 0.15) is 12.2 Å². The van der Waals surface area contributed by atoms with Gasteiger partial charge in [0, 0.05) is 58.0 Å². The van der Waals surface area contributed by atoms with Crippen molar-refractivity contribution in [3.05, 3.63) is 48.0 Å². The molecule has 1 unspecified atom stereocenters. The molecule has 2 N–H and O–H groups in total. The Bertz CT molecular complexity index is 818. The molecule has 2 aromatic rings. The highest BCUT2D eigenvalue weighted by Gasteiger charge is 2.28. The summed E-state index contributed by atoms with van der Waals surface area (Å²) in [5.41, 5.74) is 1.27. The number of aryl methyl sites for hydroxylation is 1. The van der Waals surface area contributed by atoms with Gasteiger partial charge in [-0.2, -0.15) is 0 Å². The molecule has 1 aliphatic heterocycles. The van der Waals surface area contributed by atoms with Gasteiger partial charge in [-0.1, -0.05) is 37.3 Å². The summed E-state index contributed by atoms with van der Waals surface area (Å²) in [6, 6.07) is 10.3. The molecule has 1 saturated heterocycles. The maximum Gasteiger partial charge on any atom is 0.223 e. The first kappa shape index (κ1) is 21.8. The fourth-order valence-electron chi connectivity index (χ4n) is 3.70.